The molecule has 0 radical (unpaired) electrons. The second kappa shape index (κ2) is 3.87. The largest absolute Gasteiger partial charge is 0.298 e. The zero-order valence-corrected chi connectivity index (χ0v) is 7.69. The molecule has 0 aliphatic rings. The van der Waals surface area contributed by atoms with E-state index in [2.05, 4.69) is 20.9 Å². The van der Waals surface area contributed by atoms with Crippen molar-refractivity contribution in [3.05, 3.63) is 27.7 Å². The molecule has 6 heteroatoms. The van der Waals surface area contributed by atoms with E-state index in [1.165, 1.54) is 0 Å². The van der Waals surface area contributed by atoms with Crippen molar-refractivity contribution >= 4 is 22.2 Å². The van der Waals surface area contributed by atoms with E-state index in [1.807, 2.05) is 0 Å². The van der Waals surface area contributed by atoms with Crippen molar-refractivity contribution in [1.82, 2.24) is 4.98 Å². The first-order chi connectivity index (χ1) is 6.06. The van der Waals surface area contributed by atoms with E-state index >= 15 is 0 Å². The number of hydrogen-bond acceptors (Lipinski definition) is 2. The Morgan fingerprint density at radius 2 is 2.15 bits per heavy atom. The Morgan fingerprint density at radius 1 is 1.54 bits per heavy atom. The van der Waals surface area contributed by atoms with Gasteiger partial charge in [0.25, 0.3) is 6.43 Å². The molecule has 0 aliphatic carbocycles. The molecule has 0 fully saturated rings. The van der Waals surface area contributed by atoms with Crippen molar-refractivity contribution in [3.63, 3.8) is 0 Å². The summed E-state index contributed by atoms with van der Waals surface area (Å²) in [5.41, 5.74) is -0.925. The lowest BCUT2D eigenvalue weighted by Crippen LogP contribution is -1.98. The molecular formula is C7H3BrF3NO. The second-order valence-electron chi connectivity index (χ2n) is 2.16. The molecule has 1 aromatic rings. The van der Waals surface area contributed by atoms with E-state index in [0.29, 0.717) is 0 Å². The number of rotatable bonds is 2. The summed E-state index contributed by atoms with van der Waals surface area (Å²) in [4.78, 5) is 13.2. The van der Waals surface area contributed by atoms with Gasteiger partial charge in [-0.15, -0.1) is 0 Å². The molecule has 1 heterocycles. The number of carbonyl (C=O) groups is 1. The maximum atomic E-state index is 12.7. The predicted octanol–water partition coefficient (Wildman–Crippen LogP) is 2.73. The van der Waals surface area contributed by atoms with Gasteiger partial charge in [0.15, 0.2) is 6.29 Å². The van der Waals surface area contributed by atoms with E-state index in [9.17, 15) is 18.0 Å². The van der Waals surface area contributed by atoms with Crippen molar-refractivity contribution in [2.75, 3.05) is 0 Å². The summed E-state index contributed by atoms with van der Waals surface area (Å²) in [6.07, 6.45) is -2.61. The molecule has 0 N–H and O–H groups in total. The van der Waals surface area contributed by atoms with Crippen molar-refractivity contribution in [3.8, 4) is 0 Å². The molecule has 1 aromatic heterocycles. The molecule has 0 aromatic carbocycles. The minimum Gasteiger partial charge on any atom is -0.298 e. The van der Waals surface area contributed by atoms with Gasteiger partial charge in [-0.05, 0) is 22.0 Å². The Kier molecular flexibility index (Phi) is 3.02. The number of halogens is 4. The number of pyridine rings is 1. The molecular weight excluding hydrogens is 251 g/mol. The highest BCUT2D eigenvalue weighted by Crippen LogP contribution is 2.23. The fourth-order valence-corrected chi connectivity index (χ4v) is 1.03. The third-order valence-corrected chi connectivity index (χ3v) is 2.10. The first-order valence-electron chi connectivity index (χ1n) is 3.15. The molecule has 0 saturated carbocycles. The maximum Gasteiger partial charge on any atom is 0.280 e. The smallest absolute Gasteiger partial charge is 0.280 e. The lowest BCUT2D eigenvalue weighted by molar-refractivity contribution is 0.112. The van der Waals surface area contributed by atoms with Gasteiger partial charge in [-0.1, -0.05) is 0 Å². The lowest BCUT2D eigenvalue weighted by atomic mass is 10.2. The molecule has 0 amide bonds. The standard InChI is InChI=1S/C7H3BrF3NO/c8-5-3(2-13)1-4(6(9)10)12-7(5)11/h1-2,6H. The Bertz CT molecular complexity index is 343. The van der Waals surface area contributed by atoms with Crippen LogP contribution in [0.2, 0.25) is 0 Å². The molecule has 0 atom stereocenters. The summed E-state index contributed by atoms with van der Waals surface area (Å²) in [5.74, 6) is -1.11. The van der Waals surface area contributed by atoms with Crippen LogP contribution in [0.4, 0.5) is 13.2 Å². The van der Waals surface area contributed by atoms with Gasteiger partial charge in [0, 0.05) is 5.56 Å². The molecule has 13 heavy (non-hydrogen) atoms. The number of hydrogen-bond donors (Lipinski definition) is 0. The highest BCUT2D eigenvalue weighted by molar-refractivity contribution is 9.10. The second-order valence-corrected chi connectivity index (χ2v) is 2.95. The number of aldehydes is 1. The molecule has 2 nitrogen and oxygen atoms in total. The van der Waals surface area contributed by atoms with Crippen molar-refractivity contribution in [2.45, 2.75) is 6.43 Å². The van der Waals surface area contributed by atoms with Gasteiger partial charge in [-0.3, -0.25) is 4.79 Å². The van der Waals surface area contributed by atoms with Crippen molar-refractivity contribution in [1.29, 1.82) is 0 Å². The summed E-state index contributed by atoms with van der Waals surface area (Å²) in [6.45, 7) is 0. The van der Waals surface area contributed by atoms with Crippen LogP contribution in [0.3, 0.4) is 0 Å². The van der Waals surface area contributed by atoms with E-state index in [1.54, 1.807) is 0 Å². The maximum absolute atomic E-state index is 12.7. The molecule has 0 saturated heterocycles. The fraction of sp³-hybridized carbons (Fsp3) is 0.143. The summed E-state index contributed by atoms with van der Waals surface area (Å²) in [6, 6.07) is 0.838. The van der Waals surface area contributed by atoms with Crippen molar-refractivity contribution in [2.24, 2.45) is 0 Å². The van der Waals surface area contributed by atoms with Gasteiger partial charge in [0.2, 0.25) is 5.95 Å². The van der Waals surface area contributed by atoms with Crippen LogP contribution in [0.15, 0.2) is 10.5 Å². The third-order valence-electron chi connectivity index (χ3n) is 1.32. The quantitative estimate of drug-likeness (QED) is 0.600. The van der Waals surface area contributed by atoms with Gasteiger partial charge in [-0.25, -0.2) is 13.8 Å². The van der Waals surface area contributed by atoms with Gasteiger partial charge >= 0.3 is 0 Å². The van der Waals surface area contributed by atoms with Crippen LogP contribution < -0.4 is 0 Å². The average molecular weight is 254 g/mol. The van der Waals surface area contributed by atoms with Crippen LogP contribution in [-0.4, -0.2) is 11.3 Å². The SMILES string of the molecule is O=Cc1cc(C(F)F)nc(F)c1Br. The number of aromatic nitrogens is 1. The van der Waals surface area contributed by atoms with E-state index in [4.69, 9.17) is 0 Å². The Balaban J connectivity index is 3.30. The minimum atomic E-state index is -2.89. The Hall–Kier alpha value is -0.910. The number of alkyl halides is 2. The third kappa shape index (κ3) is 2.06. The lowest BCUT2D eigenvalue weighted by Gasteiger charge is -2.02. The van der Waals surface area contributed by atoms with Crippen molar-refractivity contribution < 1.29 is 18.0 Å². The van der Waals surface area contributed by atoms with Crippen LogP contribution in [0.5, 0.6) is 0 Å². The van der Waals surface area contributed by atoms with E-state index < -0.39 is 18.1 Å². The monoisotopic (exact) mass is 253 g/mol. The number of carbonyl (C=O) groups excluding carboxylic acids is 1. The highest BCUT2D eigenvalue weighted by Gasteiger charge is 2.15. The predicted molar refractivity (Wildman–Crippen MR) is 42.2 cm³/mol. The molecule has 0 spiro atoms. The molecule has 1 rings (SSSR count). The summed E-state index contributed by atoms with van der Waals surface area (Å²) >= 11 is 2.71. The summed E-state index contributed by atoms with van der Waals surface area (Å²) in [7, 11) is 0. The zero-order chi connectivity index (χ0) is 10.0. The fourth-order valence-electron chi connectivity index (χ4n) is 0.734. The highest BCUT2D eigenvalue weighted by atomic mass is 79.9. The minimum absolute atomic E-state index is 0.178. The summed E-state index contributed by atoms with van der Waals surface area (Å²) < 4.78 is 36.6. The Morgan fingerprint density at radius 3 is 2.62 bits per heavy atom. The molecule has 70 valence electrons. The van der Waals surface area contributed by atoms with Gasteiger partial charge in [0.05, 0.1) is 4.47 Å². The van der Waals surface area contributed by atoms with E-state index in [-0.39, 0.29) is 16.3 Å². The van der Waals surface area contributed by atoms with Crippen LogP contribution in [-0.2, 0) is 0 Å². The van der Waals surface area contributed by atoms with Gasteiger partial charge < -0.3 is 0 Å². The summed E-state index contributed by atoms with van der Waals surface area (Å²) in [5, 5.41) is 0. The van der Waals surface area contributed by atoms with Crippen LogP contribution in [0.1, 0.15) is 22.5 Å². The Labute approximate surface area is 79.9 Å². The van der Waals surface area contributed by atoms with E-state index in [0.717, 1.165) is 6.07 Å². The first kappa shape index (κ1) is 10.2. The van der Waals surface area contributed by atoms with Crippen LogP contribution in [0.25, 0.3) is 0 Å². The normalized spacial score (nSPS) is 10.5. The van der Waals surface area contributed by atoms with Gasteiger partial charge in [0.1, 0.15) is 5.69 Å². The molecule has 0 aliphatic heterocycles. The van der Waals surface area contributed by atoms with Crippen LogP contribution >= 0.6 is 15.9 Å². The molecule has 0 bridgehead atoms. The average Bonchev–Trinajstić information content (AvgIpc) is 2.09. The zero-order valence-electron chi connectivity index (χ0n) is 6.10. The first-order valence-corrected chi connectivity index (χ1v) is 3.95. The van der Waals surface area contributed by atoms with Gasteiger partial charge in [-0.2, -0.15) is 4.39 Å². The number of nitrogens with zero attached hydrogens (tertiary/aromatic N) is 1. The molecule has 0 unspecified atom stereocenters. The van der Waals surface area contributed by atoms with Crippen LogP contribution in [0, 0.1) is 5.95 Å². The topological polar surface area (TPSA) is 30.0 Å².